The fraction of sp³-hybridized carbons (Fsp3) is 0.231. The summed E-state index contributed by atoms with van der Waals surface area (Å²) in [6.45, 7) is 3.42. The SMILES string of the molecule is CC1(C)Oc2ccc(C=CC(=O)O)cc2C1=O. The van der Waals surface area contributed by atoms with Gasteiger partial charge in [0, 0.05) is 6.08 Å². The average molecular weight is 232 g/mol. The van der Waals surface area contributed by atoms with Gasteiger partial charge in [0.05, 0.1) is 5.56 Å². The lowest BCUT2D eigenvalue weighted by atomic mass is 9.98. The summed E-state index contributed by atoms with van der Waals surface area (Å²) >= 11 is 0. The van der Waals surface area contributed by atoms with Crippen LogP contribution in [-0.2, 0) is 4.79 Å². The summed E-state index contributed by atoms with van der Waals surface area (Å²) < 4.78 is 5.50. The number of ether oxygens (including phenoxy) is 1. The van der Waals surface area contributed by atoms with Crippen LogP contribution in [0, 0.1) is 0 Å². The quantitative estimate of drug-likeness (QED) is 0.793. The maximum atomic E-state index is 11.9. The molecule has 0 aromatic heterocycles. The van der Waals surface area contributed by atoms with Crippen molar-refractivity contribution in [2.45, 2.75) is 19.4 Å². The Morgan fingerprint density at radius 3 is 2.76 bits per heavy atom. The summed E-state index contributed by atoms with van der Waals surface area (Å²) in [5, 5.41) is 8.52. The van der Waals surface area contributed by atoms with E-state index in [9.17, 15) is 9.59 Å². The standard InChI is InChI=1S/C13H12O4/c1-13(2)12(16)9-7-8(4-6-11(14)15)3-5-10(9)17-13/h3-7H,1-2H3,(H,14,15). The molecule has 17 heavy (non-hydrogen) atoms. The molecule has 1 heterocycles. The van der Waals surface area contributed by atoms with E-state index in [-0.39, 0.29) is 5.78 Å². The number of hydrogen-bond acceptors (Lipinski definition) is 3. The smallest absolute Gasteiger partial charge is 0.328 e. The van der Waals surface area contributed by atoms with E-state index in [1.165, 1.54) is 6.08 Å². The lowest BCUT2D eigenvalue weighted by Gasteiger charge is -2.14. The first-order valence-corrected chi connectivity index (χ1v) is 5.19. The third kappa shape index (κ3) is 2.06. The predicted octanol–water partition coefficient (Wildman–Crippen LogP) is 2.14. The first kappa shape index (κ1) is 11.4. The van der Waals surface area contributed by atoms with Gasteiger partial charge in [0.25, 0.3) is 0 Å². The predicted molar refractivity (Wildman–Crippen MR) is 62.1 cm³/mol. The summed E-state index contributed by atoms with van der Waals surface area (Å²) in [6.07, 6.45) is 2.48. The third-order valence-corrected chi connectivity index (χ3v) is 2.58. The molecule has 0 amide bonds. The van der Waals surface area contributed by atoms with Crippen molar-refractivity contribution in [1.82, 2.24) is 0 Å². The number of carboxylic acids is 1. The van der Waals surface area contributed by atoms with E-state index in [0.29, 0.717) is 16.9 Å². The van der Waals surface area contributed by atoms with Crippen molar-refractivity contribution < 1.29 is 19.4 Å². The second-order valence-corrected chi connectivity index (χ2v) is 4.37. The summed E-state index contributed by atoms with van der Waals surface area (Å²) in [4.78, 5) is 22.3. The molecule has 1 aromatic rings. The van der Waals surface area contributed by atoms with Crippen molar-refractivity contribution in [1.29, 1.82) is 0 Å². The van der Waals surface area contributed by atoms with E-state index < -0.39 is 11.6 Å². The van der Waals surface area contributed by atoms with Gasteiger partial charge in [0.15, 0.2) is 5.60 Å². The summed E-state index contributed by atoms with van der Waals surface area (Å²) in [5.41, 5.74) is 0.334. The zero-order valence-electron chi connectivity index (χ0n) is 9.56. The number of rotatable bonds is 2. The largest absolute Gasteiger partial charge is 0.479 e. The normalized spacial score (nSPS) is 16.9. The van der Waals surface area contributed by atoms with Crippen LogP contribution in [0.2, 0.25) is 0 Å². The Morgan fingerprint density at radius 2 is 2.12 bits per heavy atom. The lowest BCUT2D eigenvalue weighted by molar-refractivity contribution is -0.131. The number of hydrogen-bond donors (Lipinski definition) is 1. The van der Waals surface area contributed by atoms with Crippen LogP contribution < -0.4 is 4.74 Å². The molecule has 0 aliphatic carbocycles. The van der Waals surface area contributed by atoms with E-state index in [2.05, 4.69) is 0 Å². The molecular formula is C13H12O4. The van der Waals surface area contributed by atoms with Gasteiger partial charge in [-0.1, -0.05) is 6.07 Å². The van der Waals surface area contributed by atoms with Crippen LogP contribution in [0.15, 0.2) is 24.3 Å². The number of ketones is 1. The molecular weight excluding hydrogens is 220 g/mol. The molecule has 4 heteroatoms. The Labute approximate surface area is 98.5 Å². The summed E-state index contributed by atoms with van der Waals surface area (Å²) in [7, 11) is 0. The Morgan fingerprint density at radius 1 is 1.41 bits per heavy atom. The molecule has 1 aliphatic rings. The van der Waals surface area contributed by atoms with E-state index in [1.807, 2.05) is 0 Å². The Kier molecular flexibility index (Phi) is 2.50. The highest BCUT2D eigenvalue weighted by molar-refractivity contribution is 6.07. The Balaban J connectivity index is 2.38. The number of carbonyl (C=O) groups excluding carboxylic acids is 1. The number of benzene rings is 1. The molecule has 0 spiro atoms. The first-order chi connectivity index (χ1) is 7.90. The van der Waals surface area contributed by atoms with Gasteiger partial charge in [-0.15, -0.1) is 0 Å². The second-order valence-electron chi connectivity index (χ2n) is 4.37. The van der Waals surface area contributed by atoms with Crippen LogP contribution in [0.25, 0.3) is 6.08 Å². The zero-order valence-corrected chi connectivity index (χ0v) is 9.56. The molecule has 0 unspecified atom stereocenters. The first-order valence-electron chi connectivity index (χ1n) is 5.19. The highest BCUT2D eigenvalue weighted by atomic mass is 16.5. The van der Waals surface area contributed by atoms with Crippen molar-refractivity contribution in [3.05, 3.63) is 35.4 Å². The van der Waals surface area contributed by atoms with Crippen LogP contribution >= 0.6 is 0 Å². The van der Waals surface area contributed by atoms with Gasteiger partial charge in [-0.05, 0) is 37.6 Å². The van der Waals surface area contributed by atoms with Crippen LogP contribution in [0.3, 0.4) is 0 Å². The van der Waals surface area contributed by atoms with E-state index in [1.54, 1.807) is 32.0 Å². The minimum absolute atomic E-state index is 0.0851. The number of Topliss-reactive ketones (excluding diaryl/α,β-unsaturated/α-hetero) is 1. The maximum Gasteiger partial charge on any atom is 0.328 e. The molecule has 1 N–H and O–H groups in total. The van der Waals surface area contributed by atoms with Gasteiger partial charge < -0.3 is 9.84 Å². The van der Waals surface area contributed by atoms with Crippen molar-refractivity contribution in [2.24, 2.45) is 0 Å². The zero-order chi connectivity index (χ0) is 12.6. The topological polar surface area (TPSA) is 63.6 Å². The van der Waals surface area contributed by atoms with Gasteiger partial charge in [-0.2, -0.15) is 0 Å². The highest BCUT2D eigenvalue weighted by Gasteiger charge is 2.39. The molecule has 0 fully saturated rings. The minimum Gasteiger partial charge on any atom is -0.479 e. The van der Waals surface area contributed by atoms with Crippen LogP contribution in [-0.4, -0.2) is 22.5 Å². The molecule has 0 bridgehead atoms. The lowest BCUT2D eigenvalue weighted by Crippen LogP contribution is -2.31. The second kappa shape index (κ2) is 3.73. The molecule has 0 saturated carbocycles. The molecule has 88 valence electrons. The minimum atomic E-state index is -1.02. The van der Waals surface area contributed by atoms with E-state index >= 15 is 0 Å². The van der Waals surface area contributed by atoms with Gasteiger partial charge in [0.2, 0.25) is 5.78 Å². The number of carbonyl (C=O) groups is 2. The Bertz CT molecular complexity index is 526. The molecule has 0 radical (unpaired) electrons. The van der Waals surface area contributed by atoms with Crippen LogP contribution in [0.1, 0.15) is 29.8 Å². The maximum absolute atomic E-state index is 11.9. The highest BCUT2D eigenvalue weighted by Crippen LogP contribution is 2.35. The summed E-state index contributed by atoms with van der Waals surface area (Å²) in [5.74, 6) is -0.557. The van der Waals surface area contributed by atoms with Crippen molar-refractivity contribution in [2.75, 3.05) is 0 Å². The van der Waals surface area contributed by atoms with Gasteiger partial charge >= 0.3 is 5.97 Å². The van der Waals surface area contributed by atoms with Crippen molar-refractivity contribution in [3.63, 3.8) is 0 Å². The van der Waals surface area contributed by atoms with Crippen molar-refractivity contribution >= 4 is 17.8 Å². The van der Waals surface area contributed by atoms with Crippen molar-refractivity contribution in [3.8, 4) is 5.75 Å². The number of aliphatic carboxylic acids is 1. The van der Waals surface area contributed by atoms with Gasteiger partial charge in [-0.3, -0.25) is 4.79 Å². The number of fused-ring (bicyclic) bond motifs is 1. The number of carboxylic acid groups (broad SMARTS) is 1. The third-order valence-electron chi connectivity index (χ3n) is 2.58. The molecule has 0 atom stereocenters. The molecule has 1 aliphatic heterocycles. The van der Waals surface area contributed by atoms with Gasteiger partial charge in [-0.25, -0.2) is 4.79 Å². The monoisotopic (exact) mass is 232 g/mol. The molecule has 1 aromatic carbocycles. The molecule has 4 nitrogen and oxygen atoms in total. The fourth-order valence-electron chi connectivity index (χ4n) is 1.73. The molecule has 2 rings (SSSR count). The van der Waals surface area contributed by atoms with Crippen LogP contribution in [0.5, 0.6) is 5.75 Å². The van der Waals surface area contributed by atoms with Gasteiger partial charge in [0.1, 0.15) is 5.75 Å². The van der Waals surface area contributed by atoms with Crippen LogP contribution in [0.4, 0.5) is 0 Å². The molecule has 0 saturated heterocycles. The fourth-order valence-corrected chi connectivity index (χ4v) is 1.73. The Hall–Kier alpha value is -2.10. The average Bonchev–Trinajstić information content (AvgIpc) is 2.47. The van der Waals surface area contributed by atoms with E-state index in [0.717, 1.165) is 6.08 Å². The van der Waals surface area contributed by atoms with E-state index in [4.69, 9.17) is 9.84 Å². The summed E-state index contributed by atoms with van der Waals surface area (Å²) in [6, 6.07) is 5.04.